The first-order chi connectivity index (χ1) is 11.3. The fourth-order valence-corrected chi connectivity index (χ4v) is 2.69. The number of morpholine rings is 1. The van der Waals surface area contributed by atoms with Crippen LogP contribution in [0.25, 0.3) is 22.3 Å². The van der Waals surface area contributed by atoms with Crippen molar-refractivity contribution in [1.82, 2.24) is 19.9 Å². The van der Waals surface area contributed by atoms with Crippen LogP contribution in [0.2, 0.25) is 0 Å². The van der Waals surface area contributed by atoms with Gasteiger partial charge in [0.05, 0.1) is 24.4 Å². The van der Waals surface area contributed by atoms with E-state index in [-0.39, 0.29) is 5.95 Å². The minimum atomic E-state index is 0.259. The van der Waals surface area contributed by atoms with Gasteiger partial charge in [0.25, 0.3) is 0 Å². The maximum atomic E-state index is 5.86. The van der Waals surface area contributed by atoms with Crippen molar-refractivity contribution in [3.05, 3.63) is 36.7 Å². The lowest BCUT2D eigenvalue weighted by Crippen LogP contribution is -2.37. The van der Waals surface area contributed by atoms with Gasteiger partial charge in [-0.15, -0.1) is 0 Å². The SMILES string of the molecule is Nc1nc(N2CCOCC2)c2nc(-c3cccnc3)ccc2n1. The number of hydrogen-bond acceptors (Lipinski definition) is 7. The first-order valence-electron chi connectivity index (χ1n) is 7.48. The Balaban J connectivity index is 1.87. The molecular weight excluding hydrogens is 292 g/mol. The zero-order chi connectivity index (χ0) is 15.6. The summed E-state index contributed by atoms with van der Waals surface area (Å²) in [6.07, 6.45) is 3.54. The molecule has 2 N–H and O–H groups in total. The van der Waals surface area contributed by atoms with Crippen molar-refractivity contribution in [3.63, 3.8) is 0 Å². The van der Waals surface area contributed by atoms with Crippen LogP contribution in [0.3, 0.4) is 0 Å². The number of nitrogens with zero attached hydrogens (tertiary/aromatic N) is 5. The summed E-state index contributed by atoms with van der Waals surface area (Å²) in [5.74, 6) is 1.02. The summed E-state index contributed by atoms with van der Waals surface area (Å²) in [5.41, 5.74) is 9.16. The van der Waals surface area contributed by atoms with Crippen molar-refractivity contribution in [2.75, 3.05) is 36.9 Å². The predicted octanol–water partition coefficient (Wildman–Crippen LogP) is 1.51. The average Bonchev–Trinajstić information content (AvgIpc) is 2.62. The van der Waals surface area contributed by atoms with Crippen LogP contribution in [0.15, 0.2) is 36.7 Å². The average molecular weight is 308 g/mol. The van der Waals surface area contributed by atoms with E-state index in [1.165, 1.54) is 0 Å². The molecule has 0 atom stereocenters. The molecule has 0 aliphatic carbocycles. The zero-order valence-electron chi connectivity index (χ0n) is 12.5. The summed E-state index contributed by atoms with van der Waals surface area (Å²) in [6, 6.07) is 7.72. The van der Waals surface area contributed by atoms with Crippen LogP contribution >= 0.6 is 0 Å². The number of fused-ring (bicyclic) bond motifs is 1. The topological polar surface area (TPSA) is 90.0 Å². The molecular formula is C16H16N6O. The molecule has 0 aromatic carbocycles. The quantitative estimate of drug-likeness (QED) is 0.767. The molecule has 3 aromatic heterocycles. The Bertz CT molecular complexity index is 833. The summed E-state index contributed by atoms with van der Waals surface area (Å²) in [7, 11) is 0. The minimum Gasteiger partial charge on any atom is -0.378 e. The third kappa shape index (κ3) is 2.66. The molecule has 7 nitrogen and oxygen atoms in total. The lowest BCUT2D eigenvalue weighted by atomic mass is 10.2. The molecule has 1 aliphatic rings. The van der Waals surface area contributed by atoms with Gasteiger partial charge in [-0.2, -0.15) is 4.98 Å². The van der Waals surface area contributed by atoms with E-state index in [4.69, 9.17) is 15.5 Å². The highest BCUT2D eigenvalue weighted by Gasteiger charge is 2.18. The molecule has 1 aliphatic heterocycles. The summed E-state index contributed by atoms with van der Waals surface area (Å²) in [6.45, 7) is 2.89. The van der Waals surface area contributed by atoms with Crippen LogP contribution in [-0.2, 0) is 4.74 Å². The number of nitrogen functional groups attached to an aromatic ring is 1. The van der Waals surface area contributed by atoms with Crippen molar-refractivity contribution in [2.24, 2.45) is 0 Å². The van der Waals surface area contributed by atoms with Gasteiger partial charge >= 0.3 is 0 Å². The number of rotatable bonds is 2. The van der Waals surface area contributed by atoms with Gasteiger partial charge in [-0.1, -0.05) is 0 Å². The van der Waals surface area contributed by atoms with Crippen LogP contribution in [0.1, 0.15) is 0 Å². The molecule has 4 heterocycles. The van der Waals surface area contributed by atoms with Crippen molar-refractivity contribution in [3.8, 4) is 11.3 Å². The van der Waals surface area contributed by atoms with Crippen LogP contribution in [0, 0.1) is 0 Å². The third-order valence-electron chi connectivity index (χ3n) is 3.81. The van der Waals surface area contributed by atoms with Crippen LogP contribution in [-0.4, -0.2) is 46.2 Å². The fourth-order valence-electron chi connectivity index (χ4n) is 2.69. The molecule has 0 saturated carbocycles. The van der Waals surface area contributed by atoms with Gasteiger partial charge < -0.3 is 15.4 Å². The molecule has 1 fully saturated rings. The van der Waals surface area contributed by atoms with E-state index >= 15 is 0 Å². The van der Waals surface area contributed by atoms with Crippen LogP contribution in [0.5, 0.6) is 0 Å². The molecule has 0 spiro atoms. The van der Waals surface area contributed by atoms with E-state index in [2.05, 4.69) is 19.9 Å². The number of pyridine rings is 2. The lowest BCUT2D eigenvalue weighted by molar-refractivity contribution is 0.122. The molecule has 0 bridgehead atoms. The highest BCUT2D eigenvalue weighted by Crippen LogP contribution is 2.26. The molecule has 0 unspecified atom stereocenters. The first kappa shape index (κ1) is 13.8. The van der Waals surface area contributed by atoms with Crippen molar-refractivity contribution >= 4 is 22.8 Å². The number of hydrogen-bond donors (Lipinski definition) is 1. The summed E-state index contributed by atoms with van der Waals surface area (Å²) < 4.78 is 5.41. The van der Waals surface area contributed by atoms with Gasteiger partial charge in [0, 0.05) is 31.0 Å². The van der Waals surface area contributed by atoms with Gasteiger partial charge in [-0.05, 0) is 24.3 Å². The number of ether oxygens (including phenoxy) is 1. The molecule has 0 radical (unpaired) electrons. The lowest BCUT2D eigenvalue weighted by Gasteiger charge is -2.28. The van der Waals surface area contributed by atoms with Crippen molar-refractivity contribution < 1.29 is 4.74 Å². The first-order valence-corrected chi connectivity index (χ1v) is 7.48. The molecule has 116 valence electrons. The Kier molecular flexibility index (Phi) is 3.47. The third-order valence-corrected chi connectivity index (χ3v) is 3.81. The van der Waals surface area contributed by atoms with Gasteiger partial charge in [0.15, 0.2) is 5.82 Å². The van der Waals surface area contributed by atoms with Gasteiger partial charge in [0.1, 0.15) is 5.52 Å². The van der Waals surface area contributed by atoms with E-state index in [9.17, 15) is 0 Å². The molecule has 7 heteroatoms. The van der Waals surface area contributed by atoms with Gasteiger partial charge in [-0.3, -0.25) is 4.98 Å². The van der Waals surface area contributed by atoms with Crippen molar-refractivity contribution in [2.45, 2.75) is 0 Å². The van der Waals surface area contributed by atoms with E-state index < -0.39 is 0 Å². The Labute approximate surface area is 133 Å². The smallest absolute Gasteiger partial charge is 0.222 e. The summed E-state index contributed by atoms with van der Waals surface area (Å²) in [4.78, 5) is 19.8. The van der Waals surface area contributed by atoms with Gasteiger partial charge in [-0.25, -0.2) is 9.97 Å². The Morgan fingerprint density at radius 2 is 1.91 bits per heavy atom. The maximum Gasteiger partial charge on any atom is 0.222 e. The number of nitrogens with two attached hydrogens (primary N) is 1. The van der Waals surface area contributed by atoms with Crippen LogP contribution in [0.4, 0.5) is 11.8 Å². The summed E-state index contributed by atoms with van der Waals surface area (Å²) >= 11 is 0. The van der Waals surface area contributed by atoms with Gasteiger partial charge in [0.2, 0.25) is 5.95 Å². The zero-order valence-corrected chi connectivity index (χ0v) is 12.5. The second-order valence-electron chi connectivity index (χ2n) is 5.31. The standard InChI is InChI=1S/C16H16N6O/c17-16-20-13-4-3-12(11-2-1-5-18-10-11)19-14(13)15(21-16)22-6-8-23-9-7-22/h1-5,10H,6-9H2,(H2,17,20,21). The van der Waals surface area contributed by atoms with E-state index in [1.54, 1.807) is 12.4 Å². The molecule has 0 amide bonds. The molecule has 1 saturated heterocycles. The predicted molar refractivity (Wildman–Crippen MR) is 88.0 cm³/mol. The Morgan fingerprint density at radius 1 is 1.04 bits per heavy atom. The number of anilines is 2. The van der Waals surface area contributed by atoms with Crippen molar-refractivity contribution in [1.29, 1.82) is 0 Å². The second-order valence-corrected chi connectivity index (χ2v) is 5.31. The maximum absolute atomic E-state index is 5.86. The minimum absolute atomic E-state index is 0.259. The van der Waals surface area contributed by atoms with Crippen LogP contribution < -0.4 is 10.6 Å². The molecule has 4 rings (SSSR count). The summed E-state index contributed by atoms with van der Waals surface area (Å²) in [5, 5.41) is 0. The normalized spacial score (nSPS) is 15.0. The van der Waals surface area contributed by atoms with E-state index in [0.717, 1.165) is 41.2 Å². The Hall–Kier alpha value is -2.80. The highest BCUT2D eigenvalue weighted by molar-refractivity contribution is 5.88. The number of aromatic nitrogens is 4. The van der Waals surface area contributed by atoms with E-state index in [1.807, 2.05) is 24.3 Å². The highest BCUT2D eigenvalue weighted by atomic mass is 16.5. The van der Waals surface area contributed by atoms with E-state index in [0.29, 0.717) is 13.2 Å². The fraction of sp³-hybridized carbons (Fsp3) is 0.250. The largest absolute Gasteiger partial charge is 0.378 e. The molecule has 3 aromatic rings. The molecule has 23 heavy (non-hydrogen) atoms. The monoisotopic (exact) mass is 308 g/mol. The second kappa shape index (κ2) is 5.77. The Morgan fingerprint density at radius 3 is 2.70 bits per heavy atom.